The van der Waals surface area contributed by atoms with Gasteiger partial charge in [-0.15, -0.1) is 0 Å². The quantitative estimate of drug-likeness (QED) is 0.865. The summed E-state index contributed by atoms with van der Waals surface area (Å²) < 4.78 is 0. The van der Waals surface area contributed by atoms with Crippen LogP contribution in [0.1, 0.15) is 30.1 Å². The van der Waals surface area contributed by atoms with Crippen molar-refractivity contribution in [3.05, 3.63) is 42.2 Å². The highest BCUT2D eigenvalue weighted by molar-refractivity contribution is 7.81. The van der Waals surface area contributed by atoms with E-state index < -0.39 is 0 Å². The lowest BCUT2D eigenvalue weighted by atomic mass is 10.0. The highest BCUT2D eigenvalue weighted by Gasteiger charge is 2.29. The van der Waals surface area contributed by atoms with Gasteiger partial charge in [-0.3, -0.25) is 4.79 Å². The Balaban J connectivity index is 1.95. The molecule has 1 aliphatic rings. The van der Waals surface area contributed by atoms with E-state index in [-0.39, 0.29) is 17.2 Å². The first-order chi connectivity index (χ1) is 10.2. The van der Waals surface area contributed by atoms with Gasteiger partial charge in [0, 0.05) is 17.8 Å². The number of thiol groups is 1. The van der Waals surface area contributed by atoms with Gasteiger partial charge in [-0.05, 0) is 31.9 Å². The maximum Gasteiger partial charge on any atom is 0.256 e. The molecule has 6 heteroatoms. The molecule has 2 aromatic rings. The number of likely N-dealkylation sites (tertiary alicyclic amines) is 1. The Labute approximate surface area is 129 Å². The van der Waals surface area contributed by atoms with E-state index in [1.165, 1.54) is 4.80 Å². The molecule has 110 valence electrons. The van der Waals surface area contributed by atoms with Crippen LogP contribution in [0.25, 0.3) is 5.69 Å². The monoisotopic (exact) mass is 302 g/mol. The molecule has 0 aliphatic carbocycles. The molecular formula is C15H18N4OS. The standard InChI is InChI=1S/C15H18N4OS/c1-11-6-7-12(21)10-18(11)15(20)13-4-2-3-5-14(13)19-16-8-9-17-19/h2-5,8-9,11-12,21H,6-7,10H2,1H3. The largest absolute Gasteiger partial charge is 0.335 e. The van der Waals surface area contributed by atoms with Crippen LogP contribution in [-0.4, -0.2) is 43.6 Å². The van der Waals surface area contributed by atoms with Crippen LogP contribution >= 0.6 is 12.6 Å². The van der Waals surface area contributed by atoms with Gasteiger partial charge in [-0.1, -0.05) is 12.1 Å². The molecule has 21 heavy (non-hydrogen) atoms. The Morgan fingerprint density at radius 2 is 1.95 bits per heavy atom. The minimum atomic E-state index is 0.0224. The molecule has 1 saturated heterocycles. The Morgan fingerprint density at radius 1 is 1.24 bits per heavy atom. The van der Waals surface area contributed by atoms with E-state index in [0.717, 1.165) is 12.8 Å². The smallest absolute Gasteiger partial charge is 0.256 e. The van der Waals surface area contributed by atoms with E-state index in [1.807, 2.05) is 29.2 Å². The van der Waals surface area contributed by atoms with Crippen molar-refractivity contribution in [2.45, 2.75) is 31.1 Å². The van der Waals surface area contributed by atoms with Gasteiger partial charge in [-0.25, -0.2) is 0 Å². The molecule has 1 aromatic carbocycles. The van der Waals surface area contributed by atoms with Gasteiger partial charge in [0.25, 0.3) is 5.91 Å². The third-order valence-electron chi connectivity index (χ3n) is 3.89. The average molecular weight is 302 g/mol. The molecule has 0 N–H and O–H groups in total. The molecule has 1 aromatic heterocycles. The summed E-state index contributed by atoms with van der Waals surface area (Å²) >= 11 is 4.53. The number of rotatable bonds is 2. The number of piperidine rings is 1. The Morgan fingerprint density at radius 3 is 2.71 bits per heavy atom. The second kappa shape index (κ2) is 5.89. The van der Waals surface area contributed by atoms with E-state index in [1.54, 1.807) is 12.4 Å². The van der Waals surface area contributed by atoms with Crippen molar-refractivity contribution in [1.29, 1.82) is 0 Å². The number of para-hydroxylation sites is 1. The number of amides is 1. The Bertz CT molecular complexity index is 628. The fraction of sp³-hybridized carbons (Fsp3) is 0.400. The molecule has 0 radical (unpaired) electrons. The number of hydrogen-bond acceptors (Lipinski definition) is 4. The van der Waals surface area contributed by atoms with Gasteiger partial charge in [-0.2, -0.15) is 27.6 Å². The summed E-state index contributed by atoms with van der Waals surface area (Å²) in [5, 5.41) is 8.51. The summed E-state index contributed by atoms with van der Waals surface area (Å²) in [6, 6.07) is 7.68. The fourth-order valence-corrected chi connectivity index (χ4v) is 3.02. The lowest BCUT2D eigenvalue weighted by Crippen LogP contribution is -2.46. The third-order valence-corrected chi connectivity index (χ3v) is 4.31. The average Bonchev–Trinajstić information content (AvgIpc) is 3.03. The predicted molar refractivity (Wildman–Crippen MR) is 83.9 cm³/mol. The minimum Gasteiger partial charge on any atom is -0.335 e. The zero-order valence-corrected chi connectivity index (χ0v) is 12.8. The number of carbonyl (C=O) groups is 1. The second-order valence-corrected chi connectivity index (χ2v) is 6.10. The van der Waals surface area contributed by atoms with Crippen LogP contribution < -0.4 is 0 Å². The van der Waals surface area contributed by atoms with Crippen molar-refractivity contribution in [3.8, 4) is 5.69 Å². The normalized spacial score (nSPS) is 22.3. The SMILES string of the molecule is CC1CCC(S)CN1C(=O)c1ccccc1-n1nccn1. The van der Waals surface area contributed by atoms with Crippen molar-refractivity contribution in [2.75, 3.05) is 6.54 Å². The molecule has 0 spiro atoms. The summed E-state index contributed by atoms with van der Waals surface area (Å²) in [7, 11) is 0. The van der Waals surface area contributed by atoms with E-state index in [4.69, 9.17) is 0 Å². The van der Waals surface area contributed by atoms with Crippen molar-refractivity contribution in [2.24, 2.45) is 0 Å². The summed E-state index contributed by atoms with van der Waals surface area (Å²) in [5.74, 6) is 0.0224. The molecule has 1 aliphatic heterocycles. The summed E-state index contributed by atoms with van der Waals surface area (Å²) in [4.78, 5) is 16.3. The van der Waals surface area contributed by atoms with E-state index in [2.05, 4.69) is 29.7 Å². The van der Waals surface area contributed by atoms with E-state index in [9.17, 15) is 4.79 Å². The maximum atomic E-state index is 12.9. The van der Waals surface area contributed by atoms with Gasteiger partial charge in [0.2, 0.25) is 0 Å². The molecule has 2 atom stereocenters. The summed E-state index contributed by atoms with van der Waals surface area (Å²) in [6.45, 7) is 2.77. The Hall–Kier alpha value is -1.82. The molecule has 2 heterocycles. The van der Waals surface area contributed by atoms with E-state index in [0.29, 0.717) is 17.8 Å². The number of hydrogen-bond donors (Lipinski definition) is 1. The van der Waals surface area contributed by atoms with Gasteiger partial charge in [0.05, 0.1) is 23.6 Å². The van der Waals surface area contributed by atoms with Crippen molar-refractivity contribution in [1.82, 2.24) is 19.9 Å². The molecule has 0 saturated carbocycles. The van der Waals surface area contributed by atoms with Gasteiger partial charge in [0.15, 0.2) is 0 Å². The molecule has 5 nitrogen and oxygen atoms in total. The number of nitrogens with zero attached hydrogens (tertiary/aromatic N) is 4. The molecule has 1 amide bonds. The van der Waals surface area contributed by atoms with Crippen LogP contribution in [0.5, 0.6) is 0 Å². The van der Waals surface area contributed by atoms with Crippen LogP contribution in [0.3, 0.4) is 0 Å². The molecule has 1 fully saturated rings. The van der Waals surface area contributed by atoms with Crippen LogP contribution in [-0.2, 0) is 0 Å². The van der Waals surface area contributed by atoms with Crippen molar-refractivity contribution < 1.29 is 4.79 Å². The van der Waals surface area contributed by atoms with Crippen LogP contribution in [0, 0.1) is 0 Å². The van der Waals surface area contributed by atoms with Crippen LogP contribution in [0.15, 0.2) is 36.7 Å². The lowest BCUT2D eigenvalue weighted by Gasteiger charge is -2.36. The van der Waals surface area contributed by atoms with Gasteiger partial charge >= 0.3 is 0 Å². The number of carbonyl (C=O) groups excluding carboxylic acids is 1. The van der Waals surface area contributed by atoms with Crippen LogP contribution in [0.2, 0.25) is 0 Å². The molecule has 3 rings (SSSR count). The van der Waals surface area contributed by atoms with Gasteiger partial charge in [0.1, 0.15) is 0 Å². The minimum absolute atomic E-state index is 0.0224. The van der Waals surface area contributed by atoms with E-state index >= 15 is 0 Å². The number of benzene rings is 1. The fourth-order valence-electron chi connectivity index (χ4n) is 2.69. The molecule has 2 unspecified atom stereocenters. The zero-order valence-electron chi connectivity index (χ0n) is 11.9. The zero-order chi connectivity index (χ0) is 14.8. The highest BCUT2D eigenvalue weighted by atomic mass is 32.1. The number of aromatic nitrogens is 3. The highest BCUT2D eigenvalue weighted by Crippen LogP contribution is 2.24. The molecule has 0 bridgehead atoms. The van der Waals surface area contributed by atoms with Gasteiger partial charge < -0.3 is 4.90 Å². The topological polar surface area (TPSA) is 51.0 Å². The first-order valence-corrected chi connectivity index (χ1v) is 7.63. The summed E-state index contributed by atoms with van der Waals surface area (Å²) in [5.41, 5.74) is 1.34. The van der Waals surface area contributed by atoms with Crippen LogP contribution in [0.4, 0.5) is 0 Å². The predicted octanol–water partition coefficient (Wildman–Crippen LogP) is 2.19. The lowest BCUT2D eigenvalue weighted by molar-refractivity contribution is 0.0642. The first-order valence-electron chi connectivity index (χ1n) is 7.11. The Kier molecular flexibility index (Phi) is 3.96. The third kappa shape index (κ3) is 2.81. The second-order valence-electron chi connectivity index (χ2n) is 5.37. The van der Waals surface area contributed by atoms with Crippen molar-refractivity contribution >= 4 is 18.5 Å². The maximum absolute atomic E-state index is 12.9. The molecular weight excluding hydrogens is 284 g/mol. The first kappa shape index (κ1) is 14.1. The summed E-state index contributed by atoms with van der Waals surface area (Å²) in [6.07, 6.45) is 5.25. The van der Waals surface area contributed by atoms with Crippen molar-refractivity contribution in [3.63, 3.8) is 0 Å².